The summed E-state index contributed by atoms with van der Waals surface area (Å²) in [6.45, 7) is 4.49. The summed E-state index contributed by atoms with van der Waals surface area (Å²) < 4.78 is 10.8. The lowest BCUT2D eigenvalue weighted by Gasteiger charge is -2.12. The quantitative estimate of drug-likeness (QED) is 0.419. The molecule has 0 saturated carbocycles. The number of methoxy groups -OCH3 is 1. The van der Waals surface area contributed by atoms with Gasteiger partial charge in [0.15, 0.2) is 11.5 Å². The first kappa shape index (κ1) is 18.2. The highest BCUT2D eigenvalue weighted by Gasteiger charge is 2.11. The van der Waals surface area contributed by atoms with E-state index in [9.17, 15) is 0 Å². The molecule has 4 nitrogen and oxygen atoms in total. The van der Waals surface area contributed by atoms with Gasteiger partial charge in [-0.3, -0.25) is 0 Å². The number of halogens is 2. The highest BCUT2D eigenvalue weighted by Crippen LogP contribution is 2.36. The van der Waals surface area contributed by atoms with Crippen LogP contribution < -0.4 is 14.9 Å². The molecule has 0 fully saturated rings. The number of hydrazone groups is 1. The standard InChI is InChI=1S/C18H18Cl2N2O2/c1-3-8-24-18-16(20)9-13(10-17(18)23-2)11-21-22-12-14-6-4-5-7-15(14)19/h3-7,9-11,22H,1,8,12H2,2H3/b21-11-. The van der Waals surface area contributed by atoms with E-state index in [0.717, 1.165) is 11.1 Å². The fourth-order valence-corrected chi connectivity index (χ4v) is 2.47. The Kier molecular flexibility index (Phi) is 6.97. The van der Waals surface area contributed by atoms with Crippen LogP contribution in [0.4, 0.5) is 0 Å². The Bertz CT molecular complexity index is 733. The average molecular weight is 365 g/mol. The maximum atomic E-state index is 6.24. The molecule has 0 saturated heterocycles. The lowest BCUT2D eigenvalue weighted by atomic mass is 10.2. The Morgan fingerprint density at radius 1 is 1.21 bits per heavy atom. The molecular weight excluding hydrogens is 347 g/mol. The number of hydrogen-bond acceptors (Lipinski definition) is 4. The van der Waals surface area contributed by atoms with Gasteiger partial charge in [-0.05, 0) is 29.3 Å². The fourth-order valence-electron chi connectivity index (χ4n) is 1.99. The first-order valence-corrected chi connectivity index (χ1v) is 8.02. The second-order valence-electron chi connectivity index (χ2n) is 4.82. The van der Waals surface area contributed by atoms with Crippen LogP contribution in [0.25, 0.3) is 0 Å². The first-order chi connectivity index (χ1) is 11.7. The fraction of sp³-hybridized carbons (Fsp3) is 0.167. The SMILES string of the molecule is C=CCOc1c(Cl)cc(/C=N\NCc2ccccc2Cl)cc1OC. The molecule has 0 heterocycles. The third kappa shape index (κ3) is 4.91. The number of nitrogens with zero attached hydrogens (tertiary/aromatic N) is 1. The Morgan fingerprint density at radius 2 is 2.00 bits per heavy atom. The van der Waals surface area contributed by atoms with Gasteiger partial charge in [-0.1, -0.05) is 54.1 Å². The molecule has 0 bridgehead atoms. The Hall–Kier alpha value is -2.17. The molecule has 1 N–H and O–H groups in total. The zero-order valence-corrected chi connectivity index (χ0v) is 14.8. The van der Waals surface area contributed by atoms with Gasteiger partial charge in [0.1, 0.15) is 6.61 Å². The zero-order chi connectivity index (χ0) is 17.4. The summed E-state index contributed by atoms with van der Waals surface area (Å²) >= 11 is 12.3. The Morgan fingerprint density at radius 3 is 2.71 bits per heavy atom. The lowest BCUT2D eigenvalue weighted by Crippen LogP contribution is -2.06. The van der Waals surface area contributed by atoms with E-state index in [0.29, 0.717) is 34.7 Å². The minimum absolute atomic E-state index is 0.350. The van der Waals surface area contributed by atoms with E-state index in [1.54, 1.807) is 31.5 Å². The number of benzene rings is 2. The molecule has 0 aliphatic heterocycles. The highest BCUT2D eigenvalue weighted by molar-refractivity contribution is 6.32. The molecule has 126 valence electrons. The molecule has 0 amide bonds. The zero-order valence-electron chi connectivity index (χ0n) is 13.3. The first-order valence-electron chi connectivity index (χ1n) is 7.26. The van der Waals surface area contributed by atoms with Crippen molar-refractivity contribution in [2.75, 3.05) is 13.7 Å². The summed E-state index contributed by atoms with van der Waals surface area (Å²) in [6, 6.07) is 11.2. The van der Waals surface area contributed by atoms with Crippen LogP contribution in [0.2, 0.25) is 10.0 Å². The van der Waals surface area contributed by atoms with Crippen molar-refractivity contribution in [2.24, 2.45) is 5.10 Å². The monoisotopic (exact) mass is 364 g/mol. The molecule has 24 heavy (non-hydrogen) atoms. The van der Waals surface area contributed by atoms with E-state index in [-0.39, 0.29) is 0 Å². The summed E-state index contributed by atoms with van der Waals surface area (Å²) in [5, 5.41) is 5.33. The molecule has 0 aromatic heterocycles. The Balaban J connectivity index is 2.05. The molecule has 6 heteroatoms. The van der Waals surface area contributed by atoms with Crippen LogP contribution in [0.3, 0.4) is 0 Å². The van der Waals surface area contributed by atoms with Crippen molar-refractivity contribution in [1.82, 2.24) is 5.43 Å². The summed E-state index contributed by atoms with van der Waals surface area (Å²) in [4.78, 5) is 0. The predicted molar refractivity (Wildman–Crippen MR) is 99.6 cm³/mol. The van der Waals surface area contributed by atoms with Crippen molar-refractivity contribution < 1.29 is 9.47 Å². The maximum Gasteiger partial charge on any atom is 0.180 e. The van der Waals surface area contributed by atoms with Gasteiger partial charge >= 0.3 is 0 Å². The highest BCUT2D eigenvalue weighted by atomic mass is 35.5. The van der Waals surface area contributed by atoms with Gasteiger partial charge in [-0.15, -0.1) is 0 Å². The van der Waals surface area contributed by atoms with Gasteiger partial charge in [-0.2, -0.15) is 5.10 Å². The minimum Gasteiger partial charge on any atom is -0.493 e. The van der Waals surface area contributed by atoms with Crippen LogP contribution in [0.5, 0.6) is 11.5 Å². The van der Waals surface area contributed by atoms with Crippen LogP contribution in [0.15, 0.2) is 54.2 Å². The molecule has 0 radical (unpaired) electrons. The molecule has 0 aliphatic carbocycles. The summed E-state index contributed by atoms with van der Waals surface area (Å²) in [5.74, 6) is 1.03. The predicted octanol–water partition coefficient (Wildman–Crippen LogP) is 4.69. The summed E-state index contributed by atoms with van der Waals surface area (Å²) in [5.41, 5.74) is 4.71. The molecule has 0 spiro atoms. The van der Waals surface area contributed by atoms with Crippen molar-refractivity contribution in [1.29, 1.82) is 0 Å². The van der Waals surface area contributed by atoms with Crippen LogP contribution >= 0.6 is 23.2 Å². The third-order valence-corrected chi connectivity index (χ3v) is 3.78. The van der Waals surface area contributed by atoms with Crippen molar-refractivity contribution in [3.8, 4) is 11.5 Å². The summed E-state index contributed by atoms with van der Waals surface area (Å²) in [7, 11) is 1.56. The van der Waals surface area contributed by atoms with Gasteiger partial charge in [-0.25, -0.2) is 0 Å². The van der Waals surface area contributed by atoms with Gasteiger partial charge < -0.3 is 14.9 Å². The summed E-state index contributed by atoms with van der Waals surface area (Å²) in [6.07, 6.45) is 3.30. The third-order valence-electron chi connectivity index (χ3n) is 3.13. The van der Waals surface area contributed by atoms with Gasteiger partial charge in [0.25, 0.3) is 0 Å². The van der Waals surface area contributed by atoms with E-state index in [2.05, 4.69) is 17.1 Å². The second-order valence-corrected chi connectivity index (χ2v) is 5.63. The number of nitrogens with one attached hydrogen (secondary N) is 1. The topological polar surface area (TPSA) is 42.8 Å². The smallest absolute Gasteiger partial charge is 0.180 e. The van der Waals surface area contributed by atoms with E-state index in [1.165, 1.54) is 0 Å². The molecule has 2 aromatic carbocycles. The van der Waals surface area contributed by atoms with Crippen molar-refractivity contribution in [3.63, 3.8) is 0 Å². The van der Waals surface area contributed by atoms with Crippen molar-refractivity contribution in [2.45, 2.75) is 6.54 Å². The van der Waals surface area contributed by atoms with E-state index < -0.39 is 0 Å². The normalized spacial score (nSPS) is 10.6. The van der Waals surface area contributed by atoms with E-state index in [1.807, 2.05) is 24.3 Å². The average Bonchev–Trinajstić information content (AvgIpc) is 2.58. The number of rotatable bonds is 8. The largest absolute Gasteiger partial charge is 0.493 e. The van der Waals surface area contributed by atoms with Crippen LogP contribution in [0.1, 0.15) is 11.1 Å². The lowest BCUT2D eigenvalue weighted by molar-refractivity contribution is 0.326. The molecule has 2 rings (SSSR count). The van der Waals surface area contributed by atoms with Crippen LogP contribution in [-0.2, 0) is 6.54 Å². The number of ether oxygens (including phenoxy) is 2. The van der Waals surface area contributed by atoms with Crippen LogP contribution in [-0.4, -0.2) is 19.9 Å². The van der Waals surface area contributed by atoms with E-state index >= 15 is 0 Å². The second kappa shape index (κ2) is 9.21. The minimum atomic E-state index is 0.350. The van der Waals surface area contributed by atoms with Crippen molar-refractivity contribution >= 4 is 29.4 Å². The van der Waals surface area contributed by atoms with Gasteiger partial charge in [0.05, 0.1) is 24.9 Å². The molecule has 0 atom stereocenters. The number of hydrogen-bond donors (Lipinski definition) is 1. The molecule has 2 aromatic rings. The molecular formula is C18H18Cl2N2O2. The van der Waals surface area contributed by atoms with Gasteiger partial charge in [0, 0.05) is 5.02 Å². The molecule has 0 aliphatic rings. The van der Waals surface area contributed by atoms with E-state index in [4.69, 9.17) is 32.7 Å². The van der Waals surface area contributed by atoms with Gasteiger partial charge in [0.2, 0.25) is 0 Å². The maximum absolute atomic E-state index is 6.24. The van der Waals surface area contributed by atoms with Crippen LogP contribution in [0, 0.1) is 0 Å². The van der Waals surface area contributed by atoms with Crippen molar-refractivity contribution in [3.05, 3.63) is 70.2 Å². The Labute approximate surface area is 151 Å². The molecule has 0 unspecified atom stereocenters.